The highest BCUT2D eigenvalue weighted by Gasteiger charge is 2.43. The maximum atomic E-state index is 11.7. The molecule has 4 atom stereocenters. The quantitative estimate of drug-likeness (QED) is 0.601. The summed E-state index contributed by atoms with van der Waals surface area (Å²) in [6.07, 6.45) is 3.02. The second-order valence-corrected chi connectivity index (χ2v) is 4.46. The molecule has 2 aliphatic heterocycles. The average Bonchev–Trinajstić information content (AvgIpc) is 2.78. The zero-order valence-corrected chi connectivity index (χ0v) is 8.69. The van der Waals surface area contributed by atoms with E-state index in [1.54, 1.807) is 0 Å². The van der Waals surface area contributed by atoms with E-state index in [9.17, 15) is 9.59 Å². The predicted octanol–water partition coefficient (Wildman–Crippen LogP) is -0.284. The summed E-state index contributed by atoms with van der Waals surface area (Å²) in [5, 5.41) is 14.6. The van der Waals surface area contributed by atoms with E-state index in [0.717, 1.165) is 19.3 Å². The van der Waals surface area contributed by atoms with Gasteiger partial charge in [-0.05, 0) is 26.2 Å². The molecule has 2 aliphatic rings. The van der Waals surface area contributed by atoms with Gasteiger partial charge in [-0.1, -0.05) is 0 Å². The van der Waals surface area contributed by atoms with Crippen LogP contribution in [0, 0.1) is 5.92 Å². The summed E-state index contributed by atoms with van der Waals surface area (Å²) in [4.78, 5) is 22.3. The number of hydrogen-bond donors (Lipinski definition) is 3. The first-order valence-electron chi connectivity index (χ1n) is 5.37. The van der Waals surface area contributed by atoms with Crippen molar-refractivity contribution >= 4 is 11.9 Å². The maximum Gasteiger partial charge on any atom is 0.325 e. The summed E-state index contributed by atoms with van der Waals surface area (Å²) < 4.78 is 0. The van der Waals surface area contributed by atoms with E-state index < -0.39 is 12.0 Å². The predicted molar refractivity (Wildman–Crippen MR) is 53.3 cm³/mol. The maximum absolute atomic E-state index is 11.7. The molecule has 3 N–H and O–H groups in total. The van der Waals surface area contributed by atoms with Crippen LogP contribution in [0.4, 0.5) is 0 Å². The lowest BCUT2D eigenvalue weighted by atomic mass is 9.88. The second-order valence-electron chi connectivity index (χ2n) is 4.46. The van der Waals surface area contributed by atoms with Crippen LogP contribution >= 0.6 is 0 Å². The van der Waals surface area contributed by atoms with Gasteiger partial charge in [-0.2, -0.15) is 0 Å². The molecule has 0 saturated carbocycles. The summed E-state index contributed by atoms with van der Waals surface area (Å²) in [5.74, 6) is -1.14. The highest BCUT2D eigenvalue weighted by Crippen LogP contribution is 2.33. The van der Waals surface area contributed by atoms with Crippen LogP contribution < -0.4 is 10.6 Å². The van der Waals surface area contributed by atoms with Crippen LogP contribution in [-0.4, -0.2) is 35.1 Å². The van der Waals surface area contributed by atoms with Crippen molar-refractivity contribution < 1.29 is 14.7 Å². The number of carbonyl (C=O) groups excluding carboxylic acids is 1. The van der Waals surface area contributed by atoms with E-state index in [4.69, 9.17) is 5.11 Å². The van der Waals surface area contributed by atoms with E-state index in [1.165, 1.54) is 6.92 Å². The Morgan fingerprint density at radius 1 is 1.47 bits per heavy atom. The first-order chi connectivity index (χ1) is 7.08. The minimum Gasteiger partial charge on any atom is -0.480 e. The molecular formula is C10H16N2O3. The topological polar surface area (TPSA) is 78.4 Å². The Morgan fingerprint density at radius 3 is 2.67 bits per heavy atom. The standard InChI is InChI=1S/C10H16N2O3/c1-5(10(14)15)11-9(13)7-4-6-2-3-8(7)12-6/h5-8,12H,2-4H2,1H3,(H,11,13)(H,14,15). The molecule has 0 aromatic heterocycles. The molecule has 5 heteroatoms. The van der Waals surface area contributed by atoms with Gasteiger partial charge in [-0.3, -0.25) is 9.59 Å². The van der Waals surface area contributed by atoms with Crippen molar-refractivity contribution in [3.8, 4) is 0 Å². The molecule has 2 saturated heterocycles. The third kappa shape index (κ3) is 1.97. The van der Waals surface area contributed by atoms with Crippen molar-refractivity contribution in [2.75, 3.05) is 0 Å². The molecule has 0 aliphatic carbocycles. The number of amides is 1. The molecule has 0 aromatic carbocycles. The second kappa shape index (κ2) is 3.81. The summed E-state index contributed by atoms with van der Waals surface area (Å²) in [7, 11) is 0. The van der Waals surface area contributed by atoms with Gasteiger partial charge in [0, 0.05) is 12.1 Å². The molecule has 15 heavy (non-hydrogen) atoms. The summed E-state index contributed by atoms with van der Waals surface area (Å²) >= 11 is 0. The SMILES string of the molecule is CC(NC(=O)C1CC2CCC1N2)C(=O)O. The molecule has 0 spiro atoms. The minimum absolute atomic E-state index is 0.0365. The molecule has 2 rings (SSSR count). The molecule has 84 valence electrons. The lowest BCUT2D eigenvalue weighted by Crippen LogP contribution is -2.44. The number of carboxylic acids is 1. The summed E-state index contributed by atoms with van der Waals surface area (Å²) in [5.41, 5.74) is 0. The fourth-order valence-corrected chi connectivity index (χ4v) is 2.50. The van der Waals surface area contributed by atoms with Crippen LogP contribution in [0.1, 0.15) is 26.2 Å². The van der Waals surface area contributed by atoms with Crippen molar-refractivity contribution in [1.82, 2.24) is 10.6 Å². The highest BCUT2D eigenvalue weighted by molar-refractivity contribution is 5.85. The van der Waals surface area contributed by atoms with Crippen molar-refractivity contribution in [2.45, 2.75) is 44.3 Å². The van der Waals surface area contributed by atoms with Gasteiger partial charge in [0.15, 0.2) is 0 Å². The zero-order chi connectivity index (χ0) is 11.0. The Bertz CT molecular complexity index is 292. The van der Waals surface area contributed by atoms with Crippen molar-refractivity contribution in [3.05, 3.63) is 0 Å². The van der Waals surface area contributed by atoms with Gasteiger partial charge in [-0.15, -0.1) is 0 Å². The molecule has 0 radical (unpaired) electrons. The Kier molecular flexibility index (Phi) is 2.65. The van der Waals surface area contributed by atoms with Gasteiger partial charge in [0.2, 0.25) is 5.91 Å². The number of nitrogens with one attached hydrogen (secondary N) is 2. The van der Waals surface area contributed by atoms with Gasteiger partial charge in [0.25, 0.3) is 0 Å². The number of carbonyl (C=O) groups is 2. The molecular weight excluding hydrogens is 196 g/mol. The minimum atomic E-state index is -0.987. The van der Waals surface area contributed by atoms with Gasteiger partial charge < -0.3 is 15.7 Å². The van der Waals surface area contributed by atoms with Gasteiger partial charge in [-0.25, -0.2) is 0 Å². The first kappa shape index (κ1) is 10.4. The molecule has 2 bridgehead atoms. The monoisotopic (exact) mass is 212 g/mol. The molecule has 4 unspecified atom stereocenters. The summed E-state index contributed by atoms with van der Waals surface area (Å²) in [6, 6.07) is -0.0708. The number of rotatable bonds is 3. The van der Waals surface area contributed by atoms with Gasteiger partial charge in [0.05, 0.1) is 5.92 Å². The fourth-order valence-electron chi connectivity index (χ4n) is 2.50. The van der Waals surface area contributed by atoms with Crippen molar-refractivity contribution in [2.24, 2.45) is 5.92 Å². The third-order valence-corrected chi connectivity index (χ3v) is 3.37. The smallest absolute Gasteiger partial charge is 0.325 e. The lowest BCUT2D eigenvalue weighted by Gasteiger charge is -2.20. The van der Waals surface area contributed by atoms with Gasteiger partial charge in [0.1, 0.15) is 6.04 Å². The van der Waals surface area contributed by atoms with Crippen molar-refractivity contribution in [1.29, 1.82) is 0 Å². The number of fused-ring (bicyclic) bond motifs is 2. The van der Waals surface area contributed by atoms with Crippen LogP contribution in [0.25, 0.3) is 0 Å². The van der Waals surface area contributed by atoms with E-state index in [0.29, 0.717) is 6.04 Å². The number of hydrogen-bond acceptors (Lipinski definition) is 3. The summed E-state index contributed by atoms with van der Waals surface area (Å²) in [6.45, 7) is 1.49. The Labute approximate surface area is 88.2 Å². The van der Waals surface area contributed by atoms with E-state index >= 15 is 0 Å². The number of aliphatic carboxylic acids is 1. The Balaban J connectivity index is 1.89. The largest absolute Gasteiger partial charge is 0.480 e. The van der Waals surface area contributed by atoms with E-state index in [-0.39, 0.29) is 17.9 Å². The molecule has 1 amide bonds. The van der Waals surface area contributed by atoms with Gasteiger partial charge >= 0.3 is 5.97 Å². The molecule has 2 heterocycles. The zero-order valence-electron chi connectivity index (χ0n) is 8.69. The van der Waals surface area contributed by atoms with E-state index in [1.807, 2.05) is 0 Å². The Morgan fingerprint density at radius 2 is 2.20 bits per heavy atom. The Hall–Kier alpha value is -1.10. The third-order valence-electron chi connectivity index (χ3n) is 3.37. The molecule has 0 aromatic rings. The average molecular weight is 212 g/mol. The van der Waals surface area contributed by atoms with Crippen LogP contribution in [0.15, 0.2) is 0 Å². The molecule has 5 nitrogen and oxygen atoms in total. The lowest BCUT2D eigenvalue weighted by molar-refractivity contribution is -0.142. The van der Waals surface area contributed by atoms with Crippen LogP contribution in [0.3, 0.4) is 0 Å². The number of carboxylic acid groups (broad SMARTS) is 1. The fraction of sp³-hybridized carbons (Fsp3) is 0.800. The highest BCUT2D eigenvalue weighted by atomic mass is 16.4. The van der Waals surface area contributed by atoms with Crippen LogP contribution in [0.5, 0.6) is 0 Å². The van der Waals surface area contributed by atoms with E-state index in [2.05, 4.69) is 10.6 Å². The molecule has 2 fully saturated rings. The normalized spacial score (nSPS) is 35.1. The first-order valence-corrected chi connectivity index (χ1v) is 5.37. The van der Waals surface area contributed by atoms with Crippen LogP contribution in [-0.2, 0) is 9.59 Å². The van der Waals surface area contributed by atoms with Crippen molar-refractivity contribution in [3.63, 3.8) is 0 Å². The van der Waals surface area contributed by atoms with Crippen LogP contribution in [0.2, 0.25) is 0 Å².